The largest absolute Gasteiger partial charge is 0.416 e. The maximum atomic E-state index is 12.8. The number of aryl methyl sites for hydroxylation is 1. The molecular formula is C16H14F3NO. The zero-order valence-electron chi connectivity index (χ0n) is 11.4. The third-order valence-electron chi connectivity index (χ3n) is 2.90. The van der Waals surface area contributed by atoms with Crippen molar-refractivity contribution in [2.45, 2.75) is 19.7 Å². The van der Waals surface area contributed by atoms with Gasteiger partial charge in [-0.25, -0.2) is 0 Å². The summed E-state index contributed by atoms with van der Waals surface area (Å²) >= 11 is 0. The number of halogens is 3. The molecule has 0 fully saturated rings. The van der Waals surface area contributed by atoms with Gasteiger partial charge in [-0.1, -0.05) is 53.2 Å². The highest BCUT2D eigenvalue weighted by atomic mass is 19.4. The molecule has 5 heteroatoms. The van der Waals surface area contributed by atoms with Crippen LogP contribution in [0.15, 0.2) is 53.7 Å². The highest BCUT2D eigenvalue weighted by molar-refractivity contribution is 5.79. The number of benzene rings is 2. The number of alkyl halides is 3. The lowest BCUT2D eigenvalue weighted by Gasteiger charge is -2.11. The first kappa shape index (κ1) is 15.1. The predicted molar refractivity (Wildman–Crippen MR) is 75.0 cm³/mol. The van der Waals surface area contributed by atoms with Crippen molar-refractivity contribution in [2.75, 3.05) is 0 Å². The number of rotatable bonds is 4. The Morgan fingerprint density at radius 2 is 1.71 bits per heavy atom. The van der Waals surface area contributed by atoms with Gasteiger partial charge < -0.3 is 4.84 Å². The van der Waals surface area contributed by atoms with Crippen LogP contribution in [0.4, 0.5) is 13.2 Å². The standard InChI is InChI=1S/C16H14F3NO/c1-12-6-8-13(9-7-12)10-20-21-11-14-4-2-3-5-15(14)16(17,18)19/h2-10H,11H2,1H3. The van der Waals surface area contributed by atoms with Gasteiger partial charge in [0, 0.05) is 5.56 Å². The topological polar surface area (TPSA) is 21.6 Å². The van der Waals surface area contributed by atoms with Gasteiger partial charge in [-0.3, -0.25) is 0 Å². The smallest absolute Gasteiger partial charge is 0.391 e. The molecule has 0 aliphatic heterocycles. The van der Waals surface area contributed by atoms with Crippen LogP contribution in [0.25, 0.3) is 0 Å². The summed E-state index contributed by atoms with van der Waals surface area (Å²) in [6, 6.07) is 12.8. The maximum Gasteiger partial charge on any atom is 0.416 e. The molecule has 0 atom stereocenters. The molecule has 0 heterocycles. The molecule has 2 nitrogen and oxygen atoms in total. The Morgan fingerprint density at radius 1 is 1.05 bits per heavy atom. The summed E-state index contributed by atoms with van der Waals surface area (Å²) < 4.78 is 38.3. The van der Waals surface area contributed by atoms with Crippen LogP contribution in [0.3, 0.4) is 0 Å². The Morgan fingerprint density at radius 3 is 2.38 bits per heavy atom. The third kappa shape index (κ3) is 4.34. The second-order valence-corrected chi connectivity index (χ2v) is 4.57. The number of hydrogen-bond acceptors (Lipinski definition) is 2. The average molecular weight is 293 g/mol. The number of oxime groups is 1. The summed E-state index contributed by atoms with van der Waals surface area (Å²) in [5, 5.41) is 3.70. The number of hydrogen-bond donors (Lipinski definition) is 0. The van der Waals surface area contributed by atoms with Gasteiger partial charge in [-0.2, -0.15) is 13.2 Å². The van der Waals surface area contributed by atoms with Crippen LogP contribution in [0.1, 0.15) is 22.3 Å². The molecule has 2 aromatic rings. The monoisotopic (exact) mass is 293 g/mol. The molecule has 2 rings (SSSR count). The molecule has 0 saturated carbocycles. The fraction of sp³-hybridized carbons (Fsp3) is 0.188. The van der Waals surface area contributed by atoms with E-state index < -0.39 is 11.7 Å². The van der Waals surface area contributed by atoms with Crippen LogP contribution < -0.4 is 0 Å². The van der Waals surface area contributed by atoms with E-state index in [1.165, 1.54) is 24.4 Å². The van der Waals surface area contributed by atoms with E-state index in [0.29, 0.717) is 0 Å². The lowest BCUT2D eigenvalue weighted by atomic mass is 10.1. The summed E-state index contributed by atoms with van der Waals surface area (Å²) in [6.45, 7) is 1.74. The van der Waals surface area contributed by atoms with Crippen molar-refractivity contribution in [1.82, 2.24) is 0 Å². The quantitative estimate of drug-likeness (QED) is 0.598. The lowest BCUT2D eigenvalue weighted by Crippen LogP contribution is -2.09. The van der Waals surface area contributed by atoms with E-state index in [1.54, 1.807) is 0 Å². The summed E-state index contributed by atoms with van der Waals surface area (Å²) in [4.78, 5) is 4.96. The van der Waals surface area contributed by atoms with Gasteiger partial charge in [0.1, 0.15) is 6.61 Å². The average Bonchev–Trinajstić information content (AvgIpc) is 2.45. The zero-order valence-corrected chi connectivity index (χ0v) is 11.4. The molecular weight excluding hydrogens is 279 g/mol. The molecule has 0 bridgehead atoms. The SMILES string of the molecule is Cc1ccc(C=NOCc2ccccc2C(F)(F)F)cc1. The van der Waals surface area contributed by atoms with Gasteiger partial charge in [0.2, 0.25) is 0 Å². The van der Waals surface area contributed by atoms with Crippen molar-refractivity contribution < 1.29 is 18.0 Å². The molecule has 2 aromatic carbocycles. The van der Waals surface area contributed by atoms with Crippen molar-refractivity contribution in [2.24, 2.45) is 5.16 Å². The zero-order chi connectivity index (χ0) is 15.3. The molecule has 0 aliphatic carbocycles. The molecule has 0 amide bonds. The summed E-state index contributed by atoms with van der Waals surface area (Å²) in [7, 11) is 0. The highest BCUT2D eigenvalue weighted by Crippen LogP contribution is 2.32. The normalized spacial score (nSPS) is 11.8. The van der Waals surface area contributed by atoms with Crippen molar-refractivity contribution in [3.05, 3.63) is 70.8 Å². The predicted octanol–water partition coefficient (Wildman–Crippen LogP) is 4.56. The Kier molecular flexibility index (Phi) is 4.62. The molecule has 0 unspecified atom stereocenters. The number of nitrogens with zero attached hydrogens (tertiary/aromatic N) is 1. The fourth-order valence-corrected chi connectivity index (χ4v) is 1.78. The summed E-state index contributed by atoms with van der Waals surface area (Å²) in [6.07, 6.45) is -2.92. The van der Waals surface area contributed by atoms with E-state index in [1.807, 2.05) is 31.2 Å². The van der Waals surface area contributed by atoms with E-state index in [0.717, 1.165) is 17.2 Å². The van der Waals surface area contributed by atoms with Crippen LogP contribution >= 0.6 is 0 Å². The Balaban J connectivity index is 1.99. The van der Waals surface area contributed by atoms with Gasteiger partial charge in [-0.15, -0.1) is 0 Å². The fourth-order valence-electron chi connectivity index (χ4n) is 1.78. The molecule has 0 spiro atoms. The molecule has 0 saturated heterocycles. The van der Waals surface area contributed by atoms with Gasteiger partial charge >= 0.3 is 6.18 Å². The lowest BCUT2D eigenvalue weighted by molar-refractivity contribution is -0.138. The van der Waals surface area contributed by atoms with Crippen LogP contribution in [-0.4, -0.2) is 6.21 Å². The Labute approximate surface area is 120 Å². The minimum absolute atomic E-state index is 0.0612. The third-order valence-corrected chi connectivity index (χ3v) is 2.90. The highest BCUT2D eigenvalue weighted by Gasteiger charge is 2.32. The van der Waals surface area contributed by atoms with E-state index in [-0.39, 0.29) is 12.2 Å². The minimum Gasteiger partial charge on any atom is -0.391 e. The maximum absolute atomic E-state index is 12.8. The molecule has 0 N–H and O–H groups in total. The molecule has 0 aliphatic rings. The van der Waals surface area contributed by atoms with E-state index in [4.69, 9.17) is 4.84 Å². The van der Waals surface area contributed by atoms with Crippen molar-refractivity contribution in [3.63, 3.8) is 0 Å². The van der Waals surface area contributed by atoms with Crippen LogP contribution in [0, 0.1) is 6.92 Å². The second-order valence-electron chi connectivity index (χ2n) is 4.57. The molecule has 110 valence electrons. The van der Waals surface area contributed by atoms with Crippen molar-refractivity contribution in [3.8, 4) is 0 Å². The van der Waals surface area contributed by atoms with Gasteiger partial charge in [0.05, 0.1) is 11.8 Å². The molecule has 0 radical (unpaired) electrons. The first-order valence-electron chi connectivity index (χ1n) is 6.34. The van der Waals surface area contributed by atoms with Gasteiger partial charge in [0.25, 0.3) is 0 Å². The van der Waals surface area contributed by atoms with Crippen LogP contribution in [-0.2, 0) is 17.6 Å². The summed E-state index contributed by atoms with van der Waals surface area (Å²) in [5.41, 5.74) is 1.30. The molecule has 21 heavy (non-hydrogen) atoms. The van der Waals surface area contributed by atoms with Crippen molar-refractivity contribution in [1.29, 1.82) is 0 Å². The van der Waals surface area contributed by atoms with E-state index in [2.05, 4.69) is 5.16 Å². The van der Waals surface area contributed by atoms with Crippen LogP contribution in [0.5, 0.6) is 0 Å². The van der Waals surface area contributed by atoms with Crippen LogP contribution in [0.2, 0.25) is 0 Å². The van der Waals surface area contributed by atoms with Gasteiger partial charge in [-0.05, 0) is 18.6 Å². The molecule has 0 aromatic heterocycles. The Hall–Kier alpha value is -2.30. The minimum atomic E-state index is -4.39. The van der Waals surface area contributed by atoms with E-state index >= 15 is 0 Å². The van der Waals surface area contributed by atoms with E-state index in [9.17, 15) is 13.2 Å². The summed E-state index contributed by atoms with van der Waals surface area (Å²) in [5.74, 6) is 0. The first-order chi connectivity index (χ1) is 9.97. The first-order valence-corrected chi connectivity index (χ1v) is 6.34. The Bertz CT molecular complexity index is 618. The second kappa shape index (κ2) is 6.43. The van der Waals surface area contributed by atoms with Crippen molar-refractivity contribution >= 4 is 6.21 Å². The van der Waals surface area contributed by atoms with Gasteiger partial charge in [0.15, 0.2) is 0 Å².